The van der Waals surface area contributed by atoms with Gasteiger partial charge in [-0.05, 0) is 85.1 Å². The first kappa shape index (κ1) is 25.0. The van der Waals surface area contributed by atoms with Gasteiger partial charge < -0.3 is 14.8 Å². The molecule has 4 atom stereocenters. The van der Waals surface area contributed by atoms with Crippen LogP contribution in [0, 0.1) is 11.7 Å². The number of imide groups is 1. The molecule has 2 fully saturated rings. The van der Waals surface area contributed by atoms with Crippen molar-refractivity contribution in [1.29, 1.82) is 0 Å². The van der Waals surface area contributed by atoms with Crippen molar-refractivity contribution >= 4 is 39.7 Å². The molecule has 186 valence electrons. The van der Waals surface area contributed by atoms with E-state index >= 15 is 0 Å². The SMILES string of the molecule is C[C@H]1C[C@@H](c2ccncc2NC(=O)c2ccc(F)c(Br)n2)CC2[C@H]1OC(=O)N2C(=O)OC(C)(C)C. The molecule has 3 heterocycles. The predicted molar refractivity (Wildman–Crippen MR) is 127 cm³/mol. The summed E-state index contributed by atoms with van der Waals surface area (Å²) in [4.78, 5) is 47.3. The summed E-state index contributed by atoms with van der Waals surface area (Å²) in [5, 5.41) is 2.81. The summed E-state index contributed by atoms with van der Waals surface area (Å²) >= 11 is 2.99. The monoisotopic (exact) mass is 548 g/mol. The Bertz CT molecular complexity index is 1170. The normalized spacial score (nSPS) is 23.9. The number of anilines is 1. The number of ether oxygens (including phenoxy) is 2. The fourth-order valence-electron chi connectivity index (χ4n) is 4.61. The van der Waals surface area contributed by atoms with Gasteiger partial charge in [-0.25, -0.2) is 23.9 Å². The standard InChI is InChI=1S/C24H26BrFN4O5/c1-12-9-13(10-18-19(12)34-22(32)30(18)23(33)35-24(2,3)4)14-7-8-27-11-17(14)29-21(31)16-6-5-15(26)20(25)28-16/h5-8,11-13,18-19H,9-10H2,1-4H3,(H,29,31)/t12-,13+,18?,19-/m0/s1. The number of aromatic nitrogens is 2. The number of carbonyl (C=O) groups excluding carboxylic acids is 3. The fourth-order valence-corrected chi connectivity index (χ4v) is 4.93. The van der Waals surface area contributed by atoms with Crippen LogP contribution < -0.4 is 5.32 Å². The van der Waals surface area contributed by atoms with Gasteiger partial charge in [-0.1, -0.05) is 6.92 Å². The molecule has 3 amide bonds. The van der Waals surface area contributed by atoms with Gasteiger partial charge in [0, 0.05) is 6.20 Å². The van der Waals surface area contributed by atoms with E-state index in [4.69, 9.17) is 9.47 Å². The Balaban J connectivity index is 1.58. The molecule has 1 saturated carbocycles. The lowest BCUT2D eigenvalue weighted by Crippen LogP contribution is -2.48. The van der Waals surface area contributed by atoms with Gasteiger partial charge in [0.15, 0.2) is 5.82 Å². The zero-order valence-corrected chi connectivity index (χ0v) is 21.3. The van der Waals surface area contributed by atoms with Crippen LogP contribution in [-0.4, -0.2) is 50.7 Å². The number of hydrogen-bond acceptors (Lipinski definition) is 7. The maximum atomic E-state index is 13.5. The van der Waals surface area contributed by atoms with Crippen LogP contribution in [0.2, 0.25) is 0 Å². The van der Waals surface area contributed by atoms with Gasteiger partial charge in [-0.15, -0.1) is 0 Å². The molecule has 0 bridgehead atoms. The Morgan fingerprint density at radius 2 is 2.00 bits per heavy atom. The van der Waals surface area contributed by atoms with Crippen LogP contribution in [0.1, 0.15) is 62.5 Å². The molecule has 4 rings (SSSR count). The Hall–Kier alpha value is -3.08. The van der Waals surface area contributed by atoms with Crippen LogP contribution in [0.3, 0.4) is 0 Å². The second kappa shape index (κ2) is 9.52. The Kier molecular flexibility index (Phi) is 6.81. The summed E-state index contributed by atoms with van der Waals surface area (Å²) in [5.41, 5.74) is 0.560. The topological polar surface area (TPSA) is 111 Å². The molecule has 1 aliphatic heterocycles. The second-order valence-electron chi connectivity index (χ2n) is 9.80. The van der Waals surface area contributed by atoms with Crippen molar-refractivity contribution in [3.63, 3.8) is 0 Å². The van der Waals surface area contributed by atoms with Crippen molar-refractivity contribution in [1.82, 2.24) is 14.9 Å². The van der Waals surface area contributed by atoms with Crippen LogP contribution in [0.25, 0.3) is 0 Å². The lowest BCUT2D eigenvalue weighted by Gasteiger charge is -2.37. The molecule has 35 heavy (non-hydrogen) atoms. The summed E-state index contributed by atoms with van der Waals surface area (Å²) in [6.45, 7) is 7.17. The van der Waals surface area contributed by atoms with Gasteiger partial charge in [0.05, 0.1) is 17.9 Å². The maximum Gasteiger partial charge on any atom is 0.420 e. The third-order valence-corrected chi connectivity index (χ3v) is 6.61. The molecule has 2 aromatic rings. The van der Waals surface area contributed by atoms with Gasteiger partial charge in [0.1, 0.15) is 22.0 Å². The highest BCUT2D eigenvalue weighted by atomic mass is 79.9. The zero-order chi connectivity index (χ0) is 25.5. The van der Waals surface area contributed by atoms with Gasteiger partial charge >= 0.3 is 12.2 Å². The van der Waals surface area contributed by atoms with E-state index in [1.54, 1.807) is 33.0 Å². The molecule has 9 nitrogen and oxygen atoms in total. The molecule has 1 N–H and O–H groups in total. The summed E-state index contributed by atoms with van der Waals surface area (Å²) in [5.74, 6) is -1.23. The van der Waals surface area contributed by atoms with Gasteiger partial charge in [0.2, 0.25) is 0 Å². The number of fused-ring (bicyclic) bond motifs is 1. The first-order valence-corrected chi connectivity index (χ1v) is 12.0. The predicted octanol–water partition coefficient (Wildman–Crippen LogP) is 5.27. The van der Waals surface area contributed by atoms with Gasteiger partial charge in [0.25, 0.3) is 5.91 Å². The third kappa shape index (κ3) is 5.29. The lowest BCUT2D eigenvalue weighted by atomic mass is 9.74. The Morgan fingerprint density at radius 1 is 1.26 bits per heavy atom. The number of hydrogen-bond donors (Lipinski definition) is 1. The highest BCUT2D eigenvalue weighted by Crippen LogP contribution is 2.44. The van der Waals surface area contributed by atoms with E-state index in [-0.39, 0.29) is 22.1 Å². The van der Waals surface area contributed by atoms with Gasteiger partial charge in [-0.3, -0.25) is 9.78 Å². The molecular formula is C24H26BrFN4O5. The maximum absolute atomic E-state index is 13.5. The molecule has 1 aliphatic carbocycles. The highest BCUT2D eigenvalue weighted by molar-refractivity contribution is 9.10. The van der Waals surface area contributed by atoms with Crippen LogP contribution in [-0.2, 0) is 9.47 Å². The molecule has 2 aliphatic rings. The molecule has 11 heteroatoms. The number of halogens is 2. The molecule has 1 saturated heterocycles. The van der Waals surface area contributed by atoms with Crippen molar-refractivity contribution in [3.8, 4) is 0 Å². The van der Waals surface area contributed by atoms with E-state index in [0.29, 0.717) is 18.5 Å². The smallest absolute Gasteiger partial charge is 0.420 e. The summed E-state index contributed by atoms with van der Waals surface area (Å²) in [6.07, 6.45) is 2.38. The van der Waals surface area contributed by atoms with Crippen molar-refractivity contribution in [3.05, 3.63) is 52.3 Å². The Morgan fingerprint density at radius 3 is 2.69 bits per heavy atom. The Labute approximate surface area is 210 Å². The van der Waals surface area contributed by atoms with E-state index in [0.717, 1.165) is 16.5 Å². The lowest BCUT2D eigenvalue weighted by molar-refractivity contribution is 0.0233. The fraction of sp³-hybridized carbons (Fsp3) is 0.458. The molecule has 2 aromatic heterocycles. The van der Waals surface area contributed by atoms with Crippen LogP contribution in [0.15, 0.2) is 35.2 Å². The minimum absolute atomic E-state index is 0.0380. The molecule has 0 radical (unpaired) electrons. The van der Waals surface area contributed by atoms with Crippen molar-refractivity contribution < 1.29 is 28.2 Å². The minimum Gasteiger partial charge on any atom is -0.443 e. The van der Waals surface area contributed by atoms with Crippen molar-refractivity contribution in [2.45, 2.75) is 64.2 Å². The number of pyridine rings is 2. The first-order chi connectivity index (χ1) is 16.4. The number of nitrogens with zero attached hydrogens (tertiary/aromatic N) is 3. The average molecular weight is 549 g/mol. The molecule has 0 spiro atoms. The summed E-state index contributed by atoms with van der Waals surface area (Å²) < 4.78 is 24.5. The zero-order valence-electron chi connectivity index (χ0n) is 19.7. The molecular weight excluding hydrogens is 523 g/mol. The largest absolute Gasteiger partial charge is 0.443 e. The van der Waals surface area contributed by atoms with E-state index in [1.165, 1.54) is 12.3 Å². The molecule has 0 aromatic carbocycles. The van der Waals surface area contributed by atoms with Crippen LogP contribution in [0.4, 0.5) is 19.7 Å². The highest BCUT2D eigenvalue weighted by Gasteiger charge is 2.52. The van der Waals surface area contributed by atoms with Crippen molar-refractivity contribution in [2.75, 3.05) is 5.32 Å². The summed E-state index contributed by atoms with van der Waals surface area (Å²) in [7, 11) is 0. The number of nitrogens with one attached hydrogen (secondary N) is 1. The van der Waals surface area contributed by atoms with Gasteiger partial charge in [-0.2, -0.15) is 0 Å². The van der Waals surface area contributed by atoms with Crippen LogP contribution in [0.5, 0.6) is 0 Å². The van der Waals surface area contributed by atoms with E-state index in [1.807, 2.05) is 6.92 Å². The minimum atomic E-state index is -0.763. The quantitative estimate of drug-likeness (QED) is 0.520. The van der Waals surface area contributed by atoms with Crippen molar-refractivity contribution in [2.24, 2.45) is 5.92 Å². The second-order valence-corrected chi connectivity index (χ2v) is 10.5. The van der Waals surface area contributed by atoms with Crippen LogP contribution >= 0.6 is 15.9 Å². The number of rotatable bonds is 3. The third-order valence-electron chi connectivity index (χ3n) is 6.06. The average Bonchev–Trinajstić information content (AvgIpc) is 3.11. The number of amides is 3. The molecule has 1 unspecified atom stereocenters. The number of carbonyl (C=O) groups is 3. The first-order valence-electron chi connectivity index (χ1n) is 11.2. The summed E-state index contributed by atoms with van der Waals surface area (Å²) in [6, 6.07) is 3.74. The van der Waals surface area contributed by atoms with E-state index in [2.05, 4.69) is 31.2 Å². The van der Waals surface area contributed by atoms with E-state index in [9.17, 15) is 18.8 Å². The van der Waals surface area contributed by atoms with E-state index < -0.39 is 41.7 Å².